The number of aromatic nitrogens is 1. The van der Waals surface area contributed by atoms with Crippen LogP contribution < -0.4 is 5.32 Å². The third kappa shape index (κ3) is 4.63. The van der Waals surface area contributed by atoms with Crippen LogP contribution in [0.25, 0.3) is 0 Å². The Hall–Kier alpha value is -1.13. The third-order valence-electron chi connectivity index (χ3n) is 2.79. The van der Waals surface area contributed by atoms with Crippen LogP contribution in [-0.2, 0) is 0 Å². The molecule has 1 N–H and O–H groups in total. The van der Waals surface area contributed by atoms with Crippen LogP contribution in [0.15, 0.2) is 18.3 Å². The Balaban J connectivity index is 2.54. The molecule has 0 aliphatic rings. The molecule has 0 saturated carbocycles. The quantitative estimate of drug-likeness (QED) is 0.806. The molecule has 1 aromatic rings. The Kier molecular flexibility index (Phi) is 6.09. The Morgan fingerprint density at radius 1 is 1.50 bits per heavy atom. The van der Waals surface area contributed by atoms with E-state index in [0.29, 0.717) is 10.7 Å². The first-order valence-electron chi connectivity index (χ1n) is 6.21. The lowest BCUT2D eigenvalue weighted by Crippen LogP contribution is -2.41. The molecule has 0 bridgehead atoms. The van der Waals surface area contributed by atoms with Crippen molar-refractivity contribution >= 4 is 17.5 Å². The van der Waals surface area contributed by atoms with Gasteiger partial charge in [-0.25, -0.2) is 4.98 Å². The highest BCUT2D eigenvalue weighted by molar-refractivity contribution is 6.29. The number of likely N-dealkylation sites (N-methyl/N-ethyl adjacent to an activating group) is 1. The molecule has 1 amide bonds. The monoisotopic (exact) mass is 269 g/mol. The van der Waals surface area contributed by atoms with Gasteiger partial charge in [0.15, 0.2) is 0 Å². The minimum atomic E-state index is -0.112. The highest BCUT2D eigenvalue weighted by Crippen LogP contribution is 2.07. The zero-order chi connectivity index (χ0) is 13.5. The first kappa shape index (κ1) is 14.9. The normalized spacial score (nSPS) is 12.5. The Labute approximate surface area is 113 Å². The van der Waals surface area contributed by atoms with Gasteiger partial charge in [-0.05, 0) is 32.1 Å². The molecule has 0 aromatic carbocycles. The van der Waals surface area contributed by atoms with Crippen molar-refractivity contribution in [3.05, 3.63) is 29.0 Å². The van der Waals surface area contributed by atoms with Crippen LogP contribution in [0, 0.1) is 0 Å². The van der Waals surface area contributed by atoms with Crippen molar-refractivity contribution in [2.75, 3.05) is 19.6 Å². The van der Waals surface area contributed by atoms with E-state index < -0.39 is 0 Å². The van der Waals surface area contributed by atoms with Gasteiger partial charge in [0.05, 0.1) is 0 Å². The predicted molar refractivity (Wildman–Crippen MR) is 74.0 cm³/mol. The fraction of sp³-hybridized carbons (Fsp3) is 0.538. The van der Waals surface area contributed by atoms with Crippen molar-refractivity contribution in [1.82, 2.24) is 15.2 Å². The van der Waals surface area contributed by atoms with E-state index in [1.165, 1.54) is 6.20 Å². The number of pyridine rings is 1. The zero-order valence-corrected chi connectivity index (χ0v) is 11.9. The molecule has 0 radical (unpaired) electrons. The van der Waals surface area contributed by atoms with Gasteiger partial charge in [0.2, 0.25) is 0 Å². The van der Waals surface area contributed by atoms with Gasteiger partial charge in [0, 0.05) is 24.3 Å². The van der Waals surface area contributed by atoms with E-state index in [9.17, 15) is 4.79 Å². The number of halogens is 1. The third-order valence-corrected chi connectivity index (χ3v) is 3.00. The lowest BCUT2D eigenvalue weighted by atomic mass is 10.2. The number of amides is 1. The van der Waals surface area contributed by atoms with Crippen molar-refractivity contribution in [2.45, 2.75) is 26.8 Å². The lowest BCUT2D eigenvalue weighted by Gasteiger charge is -2.23. The smallest absolute Gasteiger partial charge is 0.251 e. The van der Waals surface area contributed by atoms with Crippen LogP contribution in [0.2, 0.25) is 5.15 Å². The average Bonchev–Trinajstić information content (AvgIpc) is 2.35. The molecule has 100 valence electrons. The van der Waals surface area contributed by atoms with E-state index in [-0.39, 0.29) is 11.9 Å². The van der Waals surface area contributed by atoms with Gasteiger partial charge in [-0.3, -0.25) is 4.79 Å². The maximum absolute atomic E-state index is 11.9. The molecule has 1 unspecified atom stereocenters. The zero-order valence-electron chi connectivity index (χ0n) is 11.1. The summed E-state index contributed by atoms with van der Waals surface area (Å²) in [6.07, 6.45) is 1.53. The second kappa shape index (κ2) is 7.34. The molecular formula is C13H20ClN3O. The van der Waals surface area contributed by atoms with E-state index in [4.69, 9.17) is 11.6 Å². The van der Waals surface area contributed by atoms with Gasteiger partial charge in [0.25, 0.3) is 5.91 Å². The van der Waals surface area contributed by atoms with Crippen molar-refractivity contribution in [2.24, 2.45) is 0 Å². The first-order chi connectivity index (χ1) is 8.56. The predicted octanol–water partition coefficient (Wildman–Crippen LogP) is 2.20. The van der Waals surface area contributed by atoms with Crippen LogP contribution in [0.4, 0.5) is 0 Å². The number of hydrogen-bond donors (Lipinski definition) is 1. The fourth-order valence-corrected chi connectivity index (χ4v) is 1.94. The molecule has 1 atom stereocenters. The van der Waals surface area contributed by atoms with E-state index >= 15 is 0 Å². The Bertz CT molecular complexity index is 394. The first-order valence-corrected chi connectivity index (χ1v) is 6.59. The van der Waals surface area contributed by atoms with Crippen molar-refractivity contribution in [1.29, 1.82) is 0 Å². The van der Waals surface area contributed by atoms with E-state index in [0.717, 1.165) is 19.6 Å². The maximum atomic E-state index is 11.9. The second-order valence-corrected chi connectivity index (χ2v) is 4.61. The van der Waals surface area contributed by atoms with Crippen LogP contribution in [0.1, 0.15) is 31.1 Å². The van der Waals surface area contributed by atoms with E-state index in [1.54, 1.807) is 12.1 Å². The van der Waals surface area contributed by atoms with Gasteiger partial charge in [-0.1, -0.05) is 25.4 Å². The minimum Gasteiger partial charge on any atom is -0.348 e. The number of nitrogens with zero attached hydrogens (tertiary/aromatic N) is 2. The molecule has 1 rings (SSSR count). The highest BCUT2D eigenvalue weighted by atomic mass is 35.5. The Morgan fingerprint density at radius 3 is 2.72 bits per heavy atom. The highest BCUT2D eigenvalue weighted by Gasteiger charge is 2.12. The molecule has 0 aliphatic heterocycles. The van der Waals surface area contributed by atoms with Crippen LogP contribution in [-0.4, -0.2) is 41.5 Å². The van der Waals surface area contributed by atoms with Gasteiger partial charge >= 0.3 is 0 Å². The molecular weight excluding hydrogens is 250 g/mol. The van der Waals surface area contributed by atoms with Gasteiger partial charge in [-0.2, -0.15) is 0 Å². The van der Waals surface area contributed by atoms with Gasteiger partial charge in [-0.15, -0.1) is 0 Å². The molecule has 0 spiro atoms. The molecule has 1 aromatic heterocycles. The summed E-state index contributed by atoms with van der Waals surface area (Å²) in [5.74, 6) is -0.112. The summed E-state index contributed by atoms with van der Waals surface area (Å²) in [6.45, 7) is 9.04. The van der Waals surface area contributed by atoms with Crippen molar-refractivity contribution < 1.29 is 4.79 Å². The fourth-order valence-electron chi connectivity index (χ4n) is 1.77. The number of nitrogens with one attached hydrogen (secondary N) is 1. The van der Waals surface area contributed by atoms with Crippen LogP contribution in [0.3, 0.4) is 0 Å². The Morgan fingerprint density at radius 2 is 2.17 bits per heavy atom. The summed E-state index contributed by atoms with van der Waals surface area (Å²) in [5, 5.41) is 3.29. The minimum absolute atomic E-state index is 0.101. The standard InChI is InChI=1S/C13H20ClN3O/c1-4-17(5-2)9-10(3)16-13(18)11-6-7-15-12(14)8-11/h6-8,10H,4-5,9H2,1-3H3,(H,16,18). The molecule has 0 fully saturated rings. The number of rotatable bonds is 6. The molecule has 4 nitrogen and oxygen atoms in total. The topological polar surface area (TPSA) is 45.2 Å². The molecule has 0 saturated heterocycles. The van der Waals surface area contributed by atoms with Crippen LogP contribution >= 0.6 is 11.6 Å². The largest absolute Gasteiger partial charge is 0.348 e. The maximum Gasteiger partial charge on any atom is 0.251 e. The van der Waals surface area contributed by atoms with Crippen LogP contribution in [0.5, 0.6) is 0 Å². The SMILES string of the molecule is CCN(CC)CC(C)NC(=O)c1ccnc(Cl)c1. The molecule has 0 aliphatic carbocycles. The molecule has 1 heterocycles. The molecule has 18 heavy (non-hydrogen) atoms. The number of hydrogen-bond acceptors (Lipinski definition) is 3. The van der Waals surface area contributed by atoms with Gasteiger partial charge < -0.3 is 10.2 Å². The summed E-state index contributed by atoms with van der Waals surface area (Å²) in [5.41, 5.74) is 0.543. The lowest BCUT2D eigenvalue weighted by molar-refractivity contribution is 0.0930. The van der Waals surface area contributed by atoms with E-state index in [1.807, 2.05) is 6.92 Å². The summed E-state index contributed by atoms with van der Waals surface area (Å²) in [7, 11) is 0. The van der Waals surface area contributed by atoms with Crippen molar-refractivity contribution in [3.8, 4) is 0 Å². The van der Waals surface area contributed by atoms with E-state index in [2.05, 4.69) is 29.0 Å². The van der Waals surface area contributed by atoms with Crippen molar-refractivity contribution in [3.63, 3.8) is 0 Å². The summed E-state index contributed by atoms with van der Waals surface area (Å²) in [6, 6.07) is 3.33. The summed E-state index contributed by atoms with van der Waals surface area (Å²) < 4.78 is 0. The number of carbonyl (C=O) groups excluding carboxylic acids is 1. The summed E-state index contributed by atoms with van der Waals surface area (Å²) in [4.78, 5) is 18.1. The molecule has 5 heteroatoms. The summed E-state index contributed by atoms with van der Waals surface area (Å²) >= 11 is 5.76. The second-order valence-electron chi connectivity index (χ2n) is 4.23. The number of carbonyl (C=O) groups is 1. The average molecular weight is 270 g/mol. The van der Waals surface area contributed by atoms with Gasteiger partial charge in [0.1, 0.15) is 5.15 Å².